The third-order valence-electron chi connectivity index (χ3n) is 5.25. The van der Waals surface area contributed by atoms with E-state index in [1.54, 1.807) is 0 Å². The molecule has 0 saturated carbocycles. The maximum atomic E-state index is 13.1. The number of esters is 1. The van der Waals surface area contributed by atoms with Crippen molar-refractivity contribution in [2.75, 3.05) is 6.16 Å². The van der Waals surface area contributed by atoms with Gasteiger partial charge in [0.25, 0.3) is 5.56 Å². The van der Waals surface area contributed by atoms with E-state index in [1.165, 1.54) is 21.6 Å². The molecule has 0 spiro atoms. The van der Waals surface area contributed by atoms with E-state index in [1.807, 2.05) is 29.6 Å². The summed E-state index contributed by atoms with van der Waals surface area (Å²) in [4.78, 5) is 29.3. The predicted molar refractivity (Wildman–Crippen MR) is 124 cm³/mol. The minimum absolute atomic E-state index is 0.141. The normalized spacial score (nSPS) is 16.8. The minimum atomic E-state index is -0.164. The summed E-state index contributed by atoms with van der Waals surface area (Å²) in [5, 5.41) is 8.92. The zero-order valence-electron chi connectivity index (χ0n) is 16.9. The van der Waals surface area contributed by atoms with Crippen molar-refractivity contribution < 1.29 is 9.53 Å². The molecule has 31 heavy (non-hydrogen) atoms. The molecule has 1 fully saturated rings. The van der Waals surface area contributed by atoms with Gasteiger partial charge in [-0.2, -0.15) is 5.10 Å². The first-order chi connectivity index (χ1) is 15.1. The lowest BCUT2D eigenvalue weighted by Crippen LogP contribution is -2.26. The van der Waals surface area contributed by atoms with Crippen LogP contribution in [0.5, 0.6) is 0 Å². The van der Waals surface area contributed by atoms with Gasteiger partial charge in [0, 0.05) is 22.8 Å². The highest BCUT2D eigenvalue weighted by molar-refractivity contribution is 7.40. The molecule has 1 aliphatic heterocycles. The number of benzene rings is 2. The second-order valence-corrected chi connectivity index (χ2v) is 9.86. The Bertz CT molecular complexity index is 1330. The summed E-state index contributed by atoms with van der Waals surface area (Å²) in [5.41, 5.74) is 3.78. The van der Waals surface area contributed by atoms with Gasteiger partial charge in [0.05, 0.1) is 29.5 Å². The lowest BCUT2D eigenvalue weighted by Gasteiger charge is -2.13. The van der Waals surface area contributed by atoms with E-state index >= 15 is 0 Å². The fourth-order valence-electron chi connectivity index (χ4n) is 3.66. The van der Waals surface area contributed by atoms with Crippen molar-refractivity contribution in [3.8, 4) is 11.3 Å². The molecular weight excluding hydrogens is 429 g/mol. The Morgan fingerprint density at radius 3 is 2.65 bits per heavy atom. The average Bonchev–Trinajstić information content (AvgIpc) is 3.41. The summed E-state index contributed by atoms with van der Waals surface area (Å²) in [5.74, 6) is -0.324. The Labute approximate surface area is 184 Å². The first kappa shape index (κ1) is 20.0. The number of hydrogen-bond donors (Lipinski definition) is 0. The molecule has 0 N–H and O–H groups in total. The van der Waals surface area contributed by atoms with Gasteiger partial charge in [0.15, 0.2) is 0 Å². The molecule has 0 radical (unpaired) electrons. The fraction of sp³-hybridized carbons (Fsp3) is 0.217. The lowest BCUT2D eigenvalue weighted by atomic mass is 10.1. The molecular formula is C23H20N3O3PS. The van der Waals surface area contributed by atoms with Crippen LogP contribution in [0, 0.1) is 6.92 Å². The van der Waals surface area contributed by atoms with E-state index in [2.05, 4.69) is 36.3 Å². The smallest absolute Gasteiger partial charge is 0.310 e. The van der Waals surface area contributed by atoms with Crippen LogP contribution in [0.3, 0.4) is 0 Å². The van der Waals surface area contributed by atoms with Crippen LogP contribution < -0.4 is 5.56 Å². The van der Waals surface area contributed by atoms with Crippen molar-refractivity contribution in [1.29, 1.82) is 0 Å². The molecule has 2 unspecified atom stereocenters. The summed E-state index contributed by atoms with van der Waals surface area (Å²) >= 11 is 1.52. The Kier molecular flexibility index (Phi) is 5.38. The number of carbonyl (C=O) groups excluding carboxylic acids is 1. The molecule has 4 aromatic rings. The first-order valence-corrected chi connectivity index (χ1v) is 12.2. The van der Waals surface area contributed by atoms with E-state index in [-0.39, 0.29) is 17.4 Å². The largest absolute Gasteiger partial charge is 0.457 e. The molecule has 8 heteroatoms. The van der Waals surface area contributed by atoms with Crippen LogP contribution >= 0.6 is 19.9 Å². The second kappa shape index (κ2) is 8.33. The molecule has 2 atom stereocenters. The molecule has 2 aromatic carbocycles. The maximum absolute atomic E-state index is 13.1. The van der Waals surface area contributed by atoms with E-state index in [4.69, 9.17) is 9.72 Å². The molecule has 0 aliphatic carbocycles. The molecule has 156 valence electrons. The van der Waals surface area contributed by atoms with Gasteiger partial charge in [-0.1, -0.05) is 56.6 Å². The monoisotopic (exact) mass is 449 g/mol. The number of aryl methyl sites for hydroxylation is 1. The van der Waals surface area contributed by atoms with Crippen LogP contribution in [0.1, 0.15) is 16.3 Å². The molecule has 1 saturated heterocycles. The molecule has 2 aromatic heterocycles. The van der Waals surface area contributed by atoms with Crippen molar-refractivity contribution in [2.24, 2.45) is 0 Å². The number of ether oxygens (including phenoxy) is 1. The highest BCUT2D eigenvalue weighted by atomic mass is 32.1. The Balaban J connectivity index is 1.48. The summed E-state index contributed by atoms with van der Waals surface area (Å²) in [6, 6.07) is 15.7. The van der Waals surface area contributed by atoms with Crippen LogP contribution in [0.15, 0.2) is 58.7 Å². The number of aromatic nitrogens is 3. The zero-order chi connectivity index (χ0) is 21.4. The molecule has 0 bridgehead atoms. The van der Waals surface area contributed by atoms with Crippen molar-refractivity contribution in [3.63, 3.8) is 0 Å². The van der Waals surface area contributed by atoms with E-state index in [9.17, 15) is 9.59 Å². The maximum Gasteiger partial charge on any atom is 0.310 e. The molecule has 5 rings (SSSR count). The topological polar surface area (TPSA) is 74.1 Å². The quantitative estimate of drug-likeness (QED) is 0.340. The summed E-state index contributed by atoms with van der Waals surface area (Å²) in [6.45, 7) is 2.36. The third kappa shape index (κ3) is 4.16. The van der Waals surface area contributed by atoms with Crippen LogP contribution in [0.2, 0.25) is 0 Å². The first-order valence-electron chi connectivity index (χ1n) is 10.00. The van der Waals surface area contributed by atoms with Crippen LogP contribution in [0.4, 0.5) is 0 Å². The van der Waals surface area contributed by atoms with E-state index in [0.717, 1.165) is 27.3 Å². The van der Waals surface area contributed by atoms with Crippen LogP contribution in [0.25, 0.3) is 22.0 Å². The number of fused-ring (bicyclic) bond motifs is 1. The number of rotatable bonds is 5. The number of carbonyl (C=O) groups is 1. The highest BCUT2D eigenvalue weighted by Gasteiger charge is 2.25. The van der Waals surface area contributed by atoms with Gasteiger partial charge in [-0.3, -0.25) is 9.59 Å². The lowest BCUT2D eigenvalue weighted by molar-refractivity contribution is -0.140. The van der Waals surface area contributed by atoms with Crippen molar-refractivity contribution in [1.82, 2.24) is 14.8 Å². The van der Waals surface area contributed by atoms with Crippen molar-refractivity contribution in [2.45, 2.75) is 25.7 Å². The number of hydrogen-bond acceptors (Lipinski definition) is 6. The number of thiazole rings is 1. The third-order valence-corrected chi connectivity index (χ3v) is 7.36. The molecule has 0 amide bonds. The molecule has 3 heterocycles. The summed E-state index contributed by atoms with van der Waals surface area (Å²) < 4.78 is 6.88. The zero-order valence-corrected chi connectivity index (χ0v) is 18.7. The van der Waals surface area contributed by atoms with Crippen molar-refractivity contribution in [3.05, 3.63) is 80.5 Å². The van der Waals surface area contributed by atoms with Gasteiger partial charge >= 0.3 is 5.97 Å². The van der Waals surface area contributed by atoms with E-state index < -0.39 is 0 Å². The van der Waals surface area contributed by atoms with Gasteiger partial charge in [-0.05, 0) is 13.0 Å². The van der Waals surface area contributed by atoms with Crippen LogP contribution in [-0.2, 0) is 22.5 Å². The highest BCUT2D eigenvalue weighted by Crippen LogP contribution is 2.31. The number of nitrogens with zero attached hydrogens (tertiary/aromatic N) is 3. The molecule has 1 aliphatic rings. The SMILES string of the molecule is Cc1ccc(-c2csc(Cn3nc(CC4OC(=O)CP4)c4ccccc4c3=O)n2)cc1. The predicted octanol–water partition coefficient (Wildman–Crippen LogP) is 3.98. The van der Waals surface area contributed by atoms with Gasteiger partial charge in [-0.15, -0.1) is 11.3 Å². The Hall–Kier alpha value is -2.89. The summed E-state index contributed by atoms with van der Waals surface area (Å²) in [6.07, 6.45) is 0.973. The average molecular weight is 449 g/mol. The molecule has 6 nitrogen and oxygen atoms in total. The number of cyclic esters (lactones) is 1. The fourth-order valence-corrected chi connectivity index (χ4v) is 5.47. The van der Waals surface area contributed by atoms with Gasteiger partial charge in [0.2, 0.25) is 0 Å². The van der Waals surface area contributed by atoms with Gasteiger partial charge in [-0.25, -0.2) is 9.67 Å². The second-order valence-electron chi connectivity index (χ2n) is 7.51. The standard InChI is InChI=1S/C23H20N3O3PS/c1-14-6-8-15(9-7-14)19-13-31-20(24-19)11-26-23(28)17-5-3-2-4-16(17)18(25-26)10-22-29-21(27)12-30-22/h2-9,13,22,30H,10-12H2,1H3. The summed E-state index contributed by atoms with van der Waals surface area (Å²) in [7, 11) is 0.421. The van der Waals surface area contributed by atoms with Crippen LogP contribution in [-0.4, -0.2) is 32.7 Å². The van der Waals surface area contributed by atoms with E-state index in [0.29, 0.717) is 33.1 Å². The Morgan fingerprint density at radius 1 is 1.13 bits per heavy atom. The van der Waals surface area contributed by atoms with Crippen molar-refractivity contribution >= 4 is 36.7 Å². The van der Waals surface area contributed by atoms with Gasteiger partial charge < -0.3 is 4.74 Å². The Morgan fingerprint density at radius 2 is 1.90 bits per heavy atom. The van der Waals surface area contributed by atoms with Gasteiger partial charge in [0.1, 0.15) is 10.9 Å². The minimum Gasteiger partial charge on any atom is -0.457 e.